The predicted molar refractivity (Wildman–Crippen MR) is 62.2 cm³/mol. The minimum Gasteiger partial charge on any atom is -0.486 e. The van der Waals surface area contributed by atoms with E-state index in [9.17, 15) is 13.6 Å². The molecule has 0 saturated heterocycles. The van der Waals surface area contributed by atoms with Crippen molar-refractivity contribution in [1.82, 2.24) is 0 Å². The first-order valence-corrected chi connectivity index (χ1v) is 5.43. The summed E-state index contributed by atoms with van der Waals surface area (Å²) in [5.74, 6) is -1.95. The van der Waals surface area contributed by atoms with Crippen LogP contribution in [0.2, 0.25) is 0 Å². The normalized spacial score (nSPS) is 11.2. The molecule has 5 heteroatoms. The molecule has 1 rings (SSSR count). The Morgan fingerprint density at radius 3 is 2.67 bits per heavy atom. The van der Waals surface area contributed by atoms with Gasteiger partial charge in [0.1, 0.15) is 12.4 Å². The standard InChI is InChI=1S/C13H14F2O3/c1-3-9(13(16)17-2)6-7-18-12-5-4-10(14)8-11(12)15/h4-6,8H,3,7H2,1-2H3. The first-order chi connectivity index (χ1) is 8.58. The third-order valence-corrected chi connectivity index (χ3v) is 2.29. The summed E-state index contributed by atoms with van der Waals surface area (Å²) in [7, 11) is 1.28. The van der Waals surface area contributed by atoms with Gasteiger partial charge in [-0.1, -0.05) is 6.92 Å². The number of benzene rings is 1. The van der Waals surface area contributed by atoms with E-state index in [2.05, 4.69) is 4.74 Å². The third kappa shape index (κ3) is 3.84. The largest absolute Gasteiger partial charge is 0.486 e. The van der Waals surface area contributed by atoms with E-state index in [1.165, 1.54) is 19.3 Å². The molecule has 0 aliphatic rings. The van der Waals surface area contributed by atoms with Crippen molar-refractivity contribution in [3.63, 3.8) is 0 Å². The summed E-state index contributed by atoms with van der Waals surface area (Å²) in [6, 6.07) is 3.03. The molecule has 0 fully saturated rings. The lowest BCUT2D eigenvalue weighted by molar-refractivity contribution is -0.136. The van der Waals surface area contributed by atoms with Crippen LogP contribution in [0.1, 0.15) is 13.3 Å². The minimum atomic E-state index is -0.778. The molecule has 1 aromatic rings. The fourth-order valence-corrected chi connectivity index (χ4v) is 1.33. The van der Waals surface area contributed by atoms with Crippen molar-refractivity contribution in [1.29, 1.82) is 0 Å². The molecule has 0 aliphatic carbocycles. The van der Waals surface area contributed by atoms with Crippen LogP contribution in [0.25, 0.3) is 0 Å². The first-order valence-electron chi connectivity index (χ1n) is 5.43. The number of esters is 1. The van der Waals surface area contributed by atoms with Crippen LogP contribution in [-0.4, -0.2) is 19.7 Å². The number of hydrogen-bond acceptors (Lipinski definition) is 3. The van der Waals surface area contributed by atoms with Crippen molar-refractivity contribution in [3.8, 4) is 5.75 Å². The van der Waals surface area contributed by atoms with Crippen molar-refractivity contribution in [2.75, 3.05) is 13.7 Å². The molecule has 18 heavy (non-hydrogen) atoms. The molecule has 0 heterocycles. The van der Waals surface area contributed by atoms with Crippen molar-refractivity contribution >= 4 is 5.97 Å². The second-order valence-electron chi connectivity index (χ2n) is 3.46. The zero-order valence-corrected chi connectivity index (χ0v) is 10.2. The maximum Gasteiger partial charge on any atom is 0.333 e. The second-order valence-corrected chi connectivity index (χ2v) is 3.46. The lowest BCUT2D eigenvalue weighted by Gasteiger charge is -2.06. The molecular weight excluding hydrogens is 242 g/mol. The molecule has 0 unspecified atom stereocenters. The van der Waals surface area contributed by atoms with Crippen molar-refractivity contribution in [3.05, 3.63) is 41.5 Å². The van der Waals surface area contributed by atoms with Crippen LogP contribution < -0.4 is 4.74 Å². The molecule has 0 radical (unpaired) electrons. The van der Waals surface area contributed by atoms with Crippen LogP contribution >= 0.6 is 0 Å². The van der Waals surface area contributed by atoms with Gasteiger partial charge in [-0.2, -0.15) is 0 Å². The Bertz CT molecular complexity index is 456. The Labute approximate surface area is 104 Å². The minimum absolute atomic E-state index is 0.0147. The summed E-state index contributed by atoms with van der Waals surface area (Å²) in [5, 5.41) is 0. The zero-order valence-electron chi connectivity index (χ0n) is 10.2. The number of rotatable bonds is 5. The van der Waals surface area contributed by atoms with Crippen LogP contribution in [0, 0.1) is 11.6 Å². The molecule has 0 atom stereocenters. The van der Waals surface area contributed by atoms with Gasteiger partial charge in [0.25, 0.3) is 0 Å². The van der Waals surface area contributed by atoms with E-state index in [1.54, 1.807) is 6.92 Å². The van der Waals surface area contributed by atoms with Gasteiger partial charge in [0.05, 0.1) is 7.11 Å². The number of hydrogen-bond donors (Lipinski definition) is 0. The Morgan fingerprint density at radius 2 is 2.11 bits per heavy atom. The monoisotopic (exact) mass is 256 g/mol. The summed E-state index contributed by atoms with van der Waals surface area (Å²) in [6.45, 7) is 1.81. The number of methoxy groups -OCH3 is 1. The van der Waals surface area contributed by atoms with Gasteiger partial charge in [-0.05, 0) is 24.6 Å². The molecule has 0 spiro atoms. The fraction of sp³-hybridized carbons (Fsp3) is 0.308. The van der Waals surface area contributed by atoms with Crippen LogP contribution in [-0.2, 0) is 9.53 Å². The Hall–Kier alpha value is -1.91. The van der Waals surface area contributed by atoms with Crippen LogP contribution in [0.3, 0.4) is 0 Å². The van der Waals surface area contributed by atoms with Crippen LogP contribution in [0.4, 0.5) is 8.78 Å². The highest BCUT2D eigenvalue weighted by atomic mass is 19.1. The number of carbonyl (C=O) groups excluding carboxylic acids is 1. The lowest BCUT2D eigenvalue weighted by atomic mass is 10.2. The molecule has 98 valence electrons. The molecule has 0 aromatic heterocycles. The van der Waals surface area contributed by atoms with Gasteiger partial charge < -0.3 is 9.47 Å². The fourth-order valence-electron chi connectivity index (χ4n) is 1.33. The molecule has 3 nitrogen and oxygen atoms in total. The number of ether oxygens (including phenoxy) is 2. The number of halogens is 2. The van der Waals surface area contributed by atoms with E-state index in [4.69, 9.17) is 4.74 Å². The van der Waals surface area contributed by atoms with Gasteiger partial charge in [-0.15, -0.1) is 0 Å². The molecule has 0 amide bonds. The van der Waals surface area contributed by atoms with Crippen molar-refractivity contribution in [2.45, 2.75) is 13.3 Å². The Morgan fingerprint density at radius 1 is 1.39 bits per heavy atom. The van der Waals surface area contributed by atoms with E-state index in [-0.39, 0.29) is 12.4 Å². The third-order valence-electron chi connectivity index (χ3n) is 2.29. The van der Waals surface area contributed by atoms with E-state index in [0.29, 0.717) is 12.0 Å². The van der Waals surface area contributed by atoms with Gasteiger partial charge in [-0.3, -0.25) is 0 Å². The Balaban J connectivity index is 2.65. The number of carbonyl (C=O) groups is 1. The molecular formula is C13H14F2O3. The maximum absolute atomic E-state index is 13.2. The van der Waals surface area contributed by atoms with Crippen LogP contribution in [0.15, 0.2) is 29.8 Å². The van der Waals surface area contributed by atoms with Gasteiger partial charge in [0.2, 0.25) is 0 Å². The molecule has 0 bridgehead atoms. The summed E-state index contributed by atoms with van der Waals surface area (Å²) in [5.41, 5.74) is 0.444. The van der Waals surface area contributed by atoms with E-state index in [0.717, 1.165) is 12.1 Å². The zero-order chi connectivity index (χ0) is 13.5. The van der Waals surface area contributed by atoms with E-state index >= 15 is 0 Å². The average Bonchev–Trinajstić information content (AvgIpc) is 2.36. The quantitative estimate of drug-likeness (QED) is 0.600. The van der Waals surface area contributed by atoms with Crippen LogP contribution in [0.5, 0.6) is 5.75 Å². The second kappa shape index (κ2) is 6.74. The summed E-state index contributed by atoms with van der Waals surface area (Å²) >= 11 is 0. The van der Waals surface area contributed by atoms with Crippen molar-refractivity contribution in [2.24, 2.45) is 0 Å². The van der Waals surface area contributed by atoms with E-state index in [1.807, 2.05) is 0 Å². The SMILES string of the molecule is CCC(=CCOc1ccc(F)cc1F)C(=O)OC. The highest BCUT2D eigenvalue weighted by Gasteiger charge is 2.07. The Kier molecular flexibility index (Phi) is 5.30. The first kappa shape index (κ1) is 14.2. The topological polar surface area (TPSA) is 35.5 Å². The smallest absolute Gasteiger partial charge is 0.333 e. The van der Waals surface area contributed by atoms with Crippen molar-refractivity contribution < 1.29 is 23.0 Å². The average molecular weight is 256 g/mol. The lowest BCUT2D eigenvalue weighted by Crippen LogP contribution is -2.06. The highest BCUT2D eigenvalue weighted by molar-refractivity contribution is 5.88. The summed E-state index contributed by atoms with van der Waals surface area (Å²) in [6.07, 6.45) is 2.00. The molecule has 0 saturated carbocycles. The predicted octanol–water partition coefficient (Wildman–Crippen LogP) is 2.85. The van der Waals surface area contributed by atoms with Gasteiger partial charge in [-0.25, -0.2) is 13.6 Å². The van der Waals surface area contributed by atoms with Gasteiger partial charge in [0, 0.05) is 11.6 Å². The summed E-state index contributed by atoms with van der Waals surface area (Å²) < 4.78 is 35.5. The van der Waals surface area contributed by atoms with Gasteiger partial charge >= 0.3 is 5.97 Å². The van der Waals surface area contributed by atoms with E-state index < -0.39 is 17.6 Å². The summed E-state index contributed by atoms with van der Waals surface area (Å²) in [4.78, 5) is 11.2. The molecule has 0 N–H and O–H groups in total. The molecule has 1 aromatic carbocycles. The molecule has 0 aliphatic heterocycles. The van der Waals surface area contributed by atoms with Gasteiger partial charge in [0.15, 0.2) is 11.6 Å². The maximum atomic E-state index is 13.2. The highest BCUT2D eigenvalue weighted by Crippen LogP contribution is 2.17.